The molecular weight excluding hydrogens is 392 g/mol. The number of ether oxygens (including phenoxy) is 2. The van der Waals surface area contributed by atoms with Crippen LogP contribution >= 0.6 is 0 Å². The van der Waals surface area contributed by atoms with Gasteiger partial charge in [0.1, 0.15) is 0 Å². The molecule has 0 bridgehead atoms. The van der Waals surface area contributed by atoms with E-state index in [4.69, 9.17) is 9.47 Å². The van der Waals surface area contributed by atoms with Crippen LogP contribution in [0.4, 0.5) is 0 Å². The monoisotopic (exact) mass is 418 g/mol. The van der Waals surface area contributed by atoms with E-state index >= 15 is 0 Å². The topological polar surface area (TPSA) is 73.3 Å². The fraction of sp³-hybridized carbons (Fsp3) is 0.280. The highest BCUT2D eigenvalue weighted by atomic mass is 16.5. The molecule has 4 rings (SSSR count). The third kappa shape index (κ3) is 5.10. The Labute approximate surface area is 180 Å². The maximum atomic E-state index is 12.4. The summed E-state index contributed by atoms with van der Waals surface area (Å²) in [4.78, 5) is 26.2. The molecule has 3 unspecified atom stereocenters. The molecule has 1 N–H and O–H groups in total. The summed E-state index contributed by atoms with van der Waals surface area (Å²) in [5.74, 6) is -0.0590. The second kappa shape index (κ2) is 9.73. The zero-order chi connectivity index (χ0) is 21.6. The fourth-order valence-corrected chi connectivity index (χ4v) is 4.04. The van der Waals surface area contributed by atoms with Crippen molar-refractivity contribution in [3.63, 3.8) is 0 Å². The van der Waals surface area contributed by atoms with E-state index in [-0.39, 0.29) is 18.1 Å². The number of aromatic nitrogens is 2. The van der Waals surface area contributed by atoms with Crippen molar-refractivity contribution >= 4 is 0 Å². The lowest BCUT2D eigenvalue weighted by molar-refractivity contribution is -0.0122. The van der Waals surface area contributed by atoms with Crippen molar-refractivity contribution in [1.82, 2.24) is 9.55 Å². The zero-order valence-corrected chi connectivity index (χ0v) is 17.3. The van der Waals surface area contributed by atoms with E-state index in [1.54, 1.807) is 0 Å². The molecule has 1 fully saturated rings. The van der Waals surface area contributed by atoms with Crippen molar-refractivity contribution in [2.75, 3.05) is 6.61 Å². The van der Waals surface area contributed by atoms with Gasteiger partial charge < -0.3 is 9.47 Å². The smallest absolute Gasteiger partial charge is 0.328 e. The van der Waals surface area contributed by atoms with Crippen LogP contribution in [0.1, 0.15) is 23.6 Å². The number of rotatable bonds is 8. The lowest BCUT2D eigenvalue weighted by Crippen LogP contribution is -2.31. The summed E-state index contributed by atoms with van der Waals surface area (Å²) in [5.41, 5.74) is 2.21. The van der Waals surface area contributed by atoms with Crippen molar-refractivity contribution in [2.45, 2.75) is 31.8 Å². The van der Waals surface area contributed by atoms with Crippen molar-refractivity contribution < 1.29 is 9.47 Å². The molecule has 1 aliphatic carbocycles. The Morgan fingerprint density at radius 3 is 2.23 bits per heavy atom. The van der Waals surface area contributed by atoms with Crippen molar-refractivity contribution in [3.8, 4) is 0 Å². The van der Waals surface area contributed by atoms with Crippen LogP contribution in [0.3, 0.4) is 0 Å². The highest BCUT2D eigenvalue weighted by molar-refractivity contribution is 5.20. The number of nitrogens with zero attached hydrogens (tertiary/aromatic N) is 1. The summed E-state index contributed by atoms with van der Waals surface area (Å²) in [6.45, 7) is 5.70. The number of aromatic amines is 1. The van der Waals surface area contributed by atoms with Gasteiger partial charge in [0.05, 0.1) is 32.0 Å². The fourth-order valence-electron chi connectivity index (χ4n) is 4.04. The Bertz CT molecular complexity index is 1120. The molecule has 160 valence electrons. The molecule has 1 heterocycles. The zero-order valence-electron chi connectivity index (χ0n) is 17.3. The molecule has 1 saturated carbocycles. The lowest BCUT2D eigenvalue weighted by atomic mass is 10.0. The summed E-state index contributed by atoms with van der Waals surface area (Å²) in [7, 11) is 0. The molecule has 31 heavy (non-hydrogen) atoms. The third-order valence-electron chi connectivity index (χ3n) is 5.71. The normalized spacial score (nSPS) is 20.8. The lowest BCUT2D eigenvalue weighted by Gasteiger charge is -2.21. The molecule has 1 aliphatic rings. The van der Waals surface area contributed by atoms with Gasteiger partial charge >= 0.3 is 5.69 Å². The van der Waals surface area contributed by atoms with Gasteiger partial charge in [-0.25, -0.2) is 4.79 Å². The van der Waals surface area contributed by atoms with Crippen LogP contribution in [0.25, 0.3) is 0 Å². The van der Waals surface area contributed by atoms with E-state index in [2.05, 4.69) is 11.6 Å². The number of nitrogens with one attached hydrogen (secondary N) is 1. The van der Waals surface area contributed by atoms with Gasteiger partial charge in [-0.2, -0.15) is 0 Å². The predicted octanol–water partition coefficient (Wildman–Crippen LogP) is 3.46. The van der Waals surface area contributed by atoms with Crippen LogP contribution in [0, 0.1) is 5.92 Å². The van der Waals surface area contributed by atoms with E-state index in [0.717, 1.165) is 16.7 Å². The number of hydrogen-bond donors (Lipinski definition) is 1. The molecule has 3 aromatic rings. The Morgan fingerprint density at radius 1 is 0.935 bits per heavy atom. The summed E-state index contributed by atoms with van der Waals surface area (Å²) in [5, 5.41) is 0. The molecule has 0 radical (unpaired) electrons. The first kappa shape index (κ1) is 21.0. The van der Waals surface area contributed by atoms with E-state index in [1.165, 1.54) is 16.8 Å². The standard InChI is InChI=1S/C25H26N2O4/c1-18-21(17-30-15-19-8-4-2-5-9-19)23(31-16-20-10-6-3-7-11-20)14-22(18)27-13-12-24(28)26-25(27)29/h2-13,21-23H,1,14-17H2,(H,26,28,29). The van der Waals surface area contributed by atoms with E-state index in [9.17, 15) is 9.59 Å². The van der Waals surface area contributed by atoms with Crippen molar-refractivity contribution in [1.29, 1.82) is 0 Å². The first-order valence-corrected chi connectivity index (χ1v) is 10.4. The van der Waals surface area contributed by atoms with E-state index in [1.807, 2.05) is 60.7 Å². The largest absolute Gasteiger partial charge is 0.376 e. The van der Waals surface area contributed by atoms with Gasteiger partial charge in [0.25, 0.3) is 5.56 Å². The number of hydrogen-bond acceptors (Lipinski definition) is 4. The third-order valence-corrected chi connectivity index (χ3v) is 5.71. The Kier molecular flexibility index (Phi) is 6.60. The van der Waals surface area contributed by atoms with Gasteiger partial charge in [-0.15, -0.1) is 0 Å². The average molecular weight is 418 g/mol. The van der Waals surface area contributed by atoms with Gasteiger partial charge in [-0.3, -0.25) is 14.3 Å². The second-order valence-electron chi connectivity index (χ2n) is 7.79. The highest BCUT2D eigenvalue weighted by Gasteiger charge is 2.39. The molecule has 0 spiro atoms. The summed E-state index contributed by atoms with van der Waals surface area (Å²) < 4.78 is 13.8. The summed E-state index contributed by atoms with van der Waals surface area (Å²) in [6.07, 6.45) is 1.97. The maximum absolute atomic E-state index is 12.4. The van der Waals surface area contributed by atoms with Crippen LogP contribution in [0.2, 0.25) is 0 Å². The van der Waals surface area contributed by atoms with Crippen LogP contribution < -0.4 is 11.2 Å². The molecule has 0 saturated heterocycles. The quantitative estimate of drug-likeness (QED) is 0.569. The molecule has 0 aliphatic heterocycles. The van der Waals surface area contributed by atoms with Gasteiger partial charge in [0.15, 0.2) is 0 Å². The van der Waals surface area contributed by atoms with Gasteiger partial charge in [0, 0.05) is 18.2 Å². The van der Waals surface area contributed by atoms with Crippen molar-refractivity contribution in [2.24, 2.45) is 5.92 Å². The highest BCUT2D eigenvalue weighted by Crippen LogP contribution is 2.40. The molecule has 3 atom stereocenters. The summed E-state index contributed by atoms with van der Waals surface area (Å²) >= 11 is 0. The van der Waals surface area contributed by atoms with Crippen LogP contribution in [-0.2, 0) is 22.7 Å². The number of benzene rings is 2. The molecular formula is C25H26N2O4. The summed E-state index contributed by atoms with van der Waals surface area (Å²) in [6, 6.07) is 21.1. The Hall–Kier alpha value is -3.22. The van der Waals surface area contributed by atoms with Gasteiger partial charge in [0.2, 0.25) is 0 Å². The minimum atomic E-state index is -0.439. The van der Waals surface area contributed by atoms with Crippen molar-refractivity contribution in [3.05, 3.63) is 117 Å². The Morgan fingerprint density at radius 2 is 1.58 bits per heavy atom. The minimum absolute atomic E-state index is 0.0590. The minimum Gasteiger partial charge on any atom is -0.376 e. The first-order chi connectivity index (χ1) is 15.1. The van der Waals surface area contributed by atoms with Gasteiger partial charge in [-0.1, -0.05) is 67.2 Å². The SMILES string of the molecule is C=C1C(COCc2ccccc2)C(OCc2ccccc2)CC1n1ccc(=O)[nH]c1=O. The molecule has 2 aromatic carbocycles. The predicted molar refractivity (Wildman–Crippen MR) is 119 cm³/mol. The van der Waals surface area contributed by atoms with E-state index in [0.29, 0.717) is 26.2 Å². The van der Waals surface area contributed by atoms with Gasteiger partial charge in [-0.05, 0) is 23.1 Å². The maximum Gasteiger partial charge on any atom is 0.328 e. The van der Waals surface area contributed by atoms with Crippen LogP contribution in [0.15, 0.2) is 94.7 Å². The number of H-pyrrole nitrogens is 1. The second-order valence-corrected chi connectivity index (χ2v) is 7.79. The molecule has 6 heteroatoms. The van der Waals surface area contributed by atoms with E-state index < -0.39 is 11.2 Å². The first-order valence-electron chi connectivity index (χ1n) is 10.4. The van der Waals surface area contributed by atoms with Crippen LogP contribution in [0.5, 0.6) is 0 Å². The molecule has 0 amide bonds. The van der Waals surface area contributed by atoms with Crippen LogP contribution in [-0.4, -0.2) is 22.3 Å². The molecule has 1 aromatic heterocycles. The average Bonchev–Trinajstić information content (AvgIpc) is 3.09. The Balaban J connectivity index is 1.49. The molecule has 6 nitrogen and oxygen atoms in total.